The molecule has 2 aliphatic heterocycles. The van der Waals surface area contributed by atoms with Gasteiger partial charge in [-0.1, -0.05) is 30.3 Å². The molecule has 3 heterocycles. The van der Waals surface area contributed by atoms with E-state index in [-0.39, 0.29) is 18.5 Å². The number of aromatic nitrogens is 1. The van der Waals surface area contributed by atoms with E-state index in [2.05, 4.69) is 10.3 Å². The van der Waals surface area contributed by atoms with Crippen LogP contribution in [0.15, 0.2) is 41.9 Å². The Balaban J connectivity index is 1.54. The van der Waals surface area contributed by atoms with Gasteiger partial charge >= 0.3 is 6.03 Å². The van der Waals surface area contributed by atoms with Gasteiger partial charge in [-0.25, -0.2) is 9.78 Å². The third kappa shape index (κ3) is 3.79. The predicted octanol–water partition coefficient (Wildman–Crippen LogP) is 1.09. The van der Waals surface area contributed by atoms with Gasteiger partial charge in [-0.15, -0.1) is 11.3 Å². The summed E-state index contributed by atoms with van der Waals surface area (Å²) >= 11 is 1.53. The standard InChI is InChI=1S/C20H25N5O3S/c1-23-10-11-25(19(23)28)14-17(27)22-20(15-5-3-2-4-6-15)7-9-24(13-16(20)26)18-21-8-12-29-18/h2-6,8,12,16,26H,7,9-11,13-14H2,1H3,(H,22,27)/t16-,20+/m1/s1. The van der Waals surface area contributed by atoms with Crippen molar-refractivity contribution in [2.45, 2.75) is 18.1 Å². The smallest absolute Gasteiger partial charge is 0.320 e. The Morgan fingerprint density at radius 1 is 1.31 bits per heavy atom. The second-order valence-corrected chi connectivity index (χ2v) is 8.41. The van der Waals surface area contributed by atoms with Crippen LogP contribution < -0.4 is 10.2 Å². The third-order valence-corrected chi connectivity index (χ3v) is 6.55. The van der Waals surface area contributed by atoms with Gasteiger partial charge in [-0.05, 0) is 12.0 Å². The molecule has 2 saturated heterocycles. The zero-order chi connectivity index (χ0) is 20.4. The summed E-state index contributed by atoms with van der Waals surface area (Å²) in [5.41, 5.74) is -0.0367. The fourth-order valence-corrected chi connectivity index (χ4v) is 4.76. The highest BCUT2D eigenvalue weighted by Gasteiger charge is 2.45. The summed E-state index contributed by atoms with van der Waals surface area (Å²) in [5, 5.41) is 17.0. The van der Waals surface area contributed by atoms with Crippen molar-refractivity contribution in [2.24, 2.45) is 0 Å². The summed E-state index contributed by atoms with van der Waals surface area (Å²) in [5.74, 6) is -0.265. The number of urea groups is 1. The van der Waals surface area contributed by atoms with Crippen molar-refractivity contribution < 1.29 is 14.7 Å². The lowest BCUT2D eigenvalue weighted by atomic mass is 9.78. The van der Waals surface area contributed by atoms with Crippen LogP contribution >= 0.6 is 11.3 Å². The maximum absolute atomic E-state index is 12.9. The van der Waals surface area contributed by atoms with E-state index in [1.165, 1.54) is 16.2 Å². The van der Waals surface area contributed by atoms with E-state index < -0.39 is 11.6 Å². The number of hydrogen-bond acceptors (Lipinski definition) is 6. The number of rotatable bonds is 5. The van der Waals surface area contributed by atoms with Crippen molar-refractivity contribution in [3.63, 3.8) is 0 Å². The Labute approximate surface area is 173 Å². The number of aliphatic hydroxyl groups excluding tert-OH is 1. The van der Waals surface area contributed by atoms with Crippen LogP contribution in [-0.2, 0) is 10.3 Å². The maximum Gasteiger partial charge on any atom is 0.320 e. The highest BCUT2D eigenvalue weighted by molar-refractivity contribution is 7.13. The molecule has 0 unspecified atom stereocenters. The third-order valence-electron chi connectivity index (χ3n) is 5.72. The summed E-state index contributed by atoms with van der Waals surface area (Å²) in [6.07, 6.45) is 1.47. The molecule has 3 amide bonds. The Morgan fingerprint density at radius 2 is 2.10 bits per heavy atom. The van der Waals surface area contributed by atoms with Gasteiger partial charge in [0.15, 0.2) is 5.13 Å². The van der Waals surface area contributed by atoms with Gasteiger partial charge in [0.2, 0.25) is 5.91 Å². The van der Waals surface area contributed by atoms with Crippen molar-refractivity contribution in [1.29, 1.82) is 0 Å². The molecular formula is C20H25N5O3S. The number of carbonyl (C=O) groups is 2. The molecule has 154 valence electrons. The minimum absolute atomic E-state index is 0.0132. The maximum atomic E-state index is 12.9. The van der Waals surface area contributed by atoms with Gasteiger partial charge in [-0.3, -0.25) is 4.79 Å². The van der Waals surface area contributed by atoms with E-state index in [1.807, 2.05) is 40.6 Å². The zero-order valence-electron chi connectivity index (χ0n) is 16.3. The molecule has 1 aromatic carbocycles. The second kappa shape index (κ2) is 8.00. The lowest BCUT2D eigenvalue weighted by Crippen LogP contribution is -2.63. The van der Waals surface area contributed by atoms with Gasteiger partial charge in [0.1, 0.15) is 6.54 Å². The molecule has 1 aromatic heterocycles. The van der Waals surface area contributed by atoms with Crippen molar-refractivity contribution in [3.05, 3.63) is 47.5 Å². The minimum Gasteiger partial charge on any atom is -0.388 e. The SMILES string of the molecule is CN1CCN(CC(=O)N[C@]2(c3ccccc3)CCN(c3nccs3)C[C@H]2O)C1=O. The Morgan fingerprint density at radius 3 is 2.72 bits per heavy atom. The van der Waals surface area contributed by atoms with E-state index in [4.69, 9.17) is 0 Å². The summed E-state index contributed by atoms with van der Waals surface area (Å²) in [6.45, 7) is 2.16. The second-order valence-electron chi connectivity index (χ2n) is 7.54. The van der Waals surface area contributed by atoms with E-state index in [1.54, 1.807) is 18.1 Å². The quantitative estimate of drug-likeness (QED) is 0.763. The minimum atomic E-state index is -0.902. The fourth-order valence-electron chi connectivity index (χ4n) is 4.08. The van der Waals surface area contributed by atoms with E-state index in [0.29, 0.717) is 32.6 Å². The van der Waals surface area contributed by atoms with Crippen LogP contribution in [0.25, 0.3) is 0 Å². The number of nitrogens with one attached hydrogen (secondary N) is 1. The van der Waals surface area contributed by atoms with Crippen LogP contribution in [0, 0.1) is 0 Å². The van der Waals surface area contributed by atoms with Gasteiger partial charge in [0.25, 0.3) is 0 Å². The van der Waals surface area contributed by atoms with Crippen LogP contribution in [0.2, 0.25) is 0 Å². The van der Waals surface area contributed by atoms with Gasteiger partial charge in [0.05, 0.1) is 11.6 Å². The molecule has 8 nitrogen and oxygen atoms in total. The zero-order valence-corrected chi connectivity index (χ0v) is 17.1. The molecule has 2 aromatic rings. The predicted molar refractivity (Wildman–Crippen MR) is 111 cm³/mol. The molecule has 2 aliphatic rings. The highest BCUT2D eigenvalue weighted by atomic mass is 32.1. The van der Waals surface area contributed by atoms with Crippen molar-refractivity contribution >= 4 is 28.4 Å². The average Bonchev–Trinajstić information content (AvgIpc) is 3.37. The van der Waals surface area contributed by atoms with E-state index in [9.17, 15) is 14.7 Å². The number of aliphatic hydroxyl groups is 1. The normalized spacial score (nSPS) is 24.8. The summed E-state index contributed by atoms with van der Waals surface area (Å²) in [7, 11) is 1.73. The fraction of sp³-hybridized carbons (Fsp3) is 0.450. The number of benzene rings is 1. The number of β-amino-alcohol motifs (C(OH)–C–C–N with tert-alkyl or cyclic N) is 1. The Hall–Kier alpha value is -2.65. The first kappa shape index (κ1) is 19.7. The highest BCUT2D eigenvalue weighted by Crippen LogP contribution is 2.35. The van der Waals surface area contributed by atoms with Crippen molar-refractivity contribution in [1.82, 2.24) is 20.1 Å². The van der Waals surface area contributed by atoms with Gasteiger partial charge in [-0.2, -0.15) is 0 Å². The first-order valence-electron chi connectivity index (χ1n) is 9.69. The van der Waals surface area contributed by atoms with Crippen LogP contribution in [0.5, 0.6) is 0 Å². The first-order chi connectivity index (χ1) is 14.0. The molecule has 9 heteroatoms. The molecule has 29 heavy (non-hydrogen) atoms. The van der Waals surface area contributed by atoms with Crippen LogP contribution in [-0.4, -0.2) is 77.7 Å². The lowest BCUT2D eigenvalue weighted by molar-refractivity contribution is -0.126. The topological polar surface area (TPSA) is 89.0 Å². The molecule has 0 radical (unpaired) electrons. The molecule has 0 spiro atoms. The van der Waals surface area contributed by atoms with Crippen molar-refractivity contribution in [3.8, 4) is 0 Å². The molecule has 0 bridgehead atoms. The molecule has 0 saturated carbocycles. The monoisotopic (exact) mass is 415 g/mol. The average molecular weight is 416 g/mol. The summed E-state index contributed by atoms with van der Waals surface area (Å²) in [6, 6.07) is 9.43. The Kier molecular flexibility index (Phi) is 5.42. The number of hydrogen-bond donors (Lipinski definition) is 2. The molecule has 2 N–H and O–H groups in total. The van der Waals surface area contributed by atoms with Gasteiger partial charge < -0.3 is 25.1 Å². The molecular weight excluding hydrogens is 390 g/mol. The van der Waals surface area contributed by atoms with Crippen LogP contribution in [0.1, 0.15) is 12.0 Å². The number of piperidine rings is 1. The van der Waals surface area contributed by atoms with E-state index in [0.717, 1.165) is 10.7 Å². The van der Waals surface area contributed by atoms with Crippen LogP contribution in [0.3, 0.4) is 0 Å². The number of likely N-dealkylation sites (N-methyl/N-ethyl adjacent to an activating group) is 1. The van der Waals surface area contributed by atoms with E-state index >= 15 is 0 Å². The largest absolute Gasteiger partial charge is 0.388 e. The molecule has 2 fully saturated rings. The molecule has 2 atom stereocenters. The number of thiazole rings is 1. The number of amides is 3. The van der Waals surface area contributed by atoms with Crippen LogP contribution in [0.4, 0.5) is 9.93 Å². The van der Waals surface area contributed by atoms with Gasteiger partial charge in [0, 0.05) is 44.8 Å². The number of nitrogens with zero attached hydrogens (tertiary/aromatic N) is 4. The summed E-state index contributed by atoms with van der Waals surface area (Å²) < 4.78 is 0. The lowest BCUT2D eigenvalue weighted by Gasteiger charge is -2.46. The summed E-state index contributed by atoms with van der Waals surface area (Å²) in [4.78, 5) is 34.5. The molecule has 4 rings (SSSR count). The number of carbonyl (C=O) groups excluding carboxylic acids is 2. The molecule has 0 aliphatic carbocycles. The Bertz CT molecular complexity index is 862. The first-order valence-corrected chi connectivity index (χ1v) is 10.6. The van der Waals surface area contributed by atoms with Crippen molar-refractivity contribution in [2.75, 3.05) is 44.7 Å². The number of anilines is 1.